The van der Waals surface area contributed by atoms with Gasteiger partial charge >= 0.3 is 0 Å². The molecule has 1 aliphatic rings. The van der Waals surface area contributed by atoms with Gasteiger partial charge in [-0.05, 0) is 54.3 Å². The van der Waals surface area contributed by atoms with E-state index in [1.807, 2.05) is 78.9 Å². The summed E-state index contributed by atoms with van der Waals surface area (Å²) in [5.41, 5.74) is 3.99. The van der Waals surface area contributed by atoms with Crippen molar-refractivity contribution in [2.75, 3.05) is 10.2 Å². The van der Waals surface area contributed by atoms with Gasteiger partial charge in [0.2, 0.25) is 0 Å². The lowest BCUT2D eigenvalue weighted by molar-refractivity contribution is -0.120. The molecule has 31 heavy (non-hydrogen) atoms. The number of anilines is 2. The lowest BCUT2D eigenvalue weighted by Crippen LogP contribution is -2.32. The summed E-state index contributed by atoms with van der Waals surface area (Å²) < 4.78 is 0. The molecule has 4 rings (SSSR count). The van der Waals surface area contributed by atoms with Gasteiger partial charge in [-0.15, -0.1) is 0 Å². The molecule has 0 aromatic heterocycles. The number of carbonyl (C=O) groups excluding carboxylic acids is 2. The number of hydrogen-bond acceptors (Lipinski definition) is 4. The van der Waals surface area contributed by atoms with Crippen LogP contribution in [0.15, 0.2) is 94.4 Å². The second-order valence-corrected chi connectivity index (χ2v) is 8.30. The molecule has 156 valence electrons. The maximum atomic E-state index is 13.4. The maximum Gasteiger partial charge on any atom is 0.283 e. The molecule has 5 heteroatoms. The highest BCUT2D eigenvalue weighted by Gasteiger charge is 2.40. The summed E-state index contributed by atoms with van der Waals surface area (Å²) in [6.45, 7) is 4.14. The number of nitrogens with zero attached hydrogens (tertiary/aromatic N) is 1. The van der Waals surface area contributed by atoms with Gasteiger partial charge in [0.25, 0.3) is 11.8 Å². The summed E-state index contributed by atoms with van der Waals surface area (Å²) in [5.74, 6) is -0.641. The fourth-order valence-corrected chi connectivity index (χ4v) is 4.47. The van der Waals surface area contributed by atoms with E-state index < -0.39 is 0 Å². The van der Waals surface area contributed by atoms with Crippen LogP contribution >= 0.6 is 11.8 Å². The summed E-state index contributed by atoms with van der Waals surface area (Å²) in [6.07, 6.45) is 1.72. The molecule has 0 atom stereocenters. The highest BCUT2D eigenvalue weighted by atomic mass is 32.2. The highest BCUT2D eigenvalue weighted by Crippen LogP contribution is 2.38. The lowest BCUT2D eigenvalue weighted by Gasteiger charge is -2.16. The van der Waals surface area contributed by atoms with Crippen molar-refractivity contribution in [1.82, 2.24) is 0 Å². The third-order valence-electron chi connectivity index (χ3n) is 5.27. The van der Waals surface area contributed by atoms with Gasteiger partial charge in [0.15, 0.2) is 0 Å². The Bertz CT molecular complexity index is 1140. The van der Waals surface area contributed by atoms with Crippen molar-refractivity contribution < 1.29 is 9.59 Å². The smallest absolute Gasteiger partial charge is 0.283 e. The number of hydrogen-bond donors (Lipinski definition) is 1. The Labute approximate surface area is 187 Å². The van der Waals surface area contributed by atoms with Crippen molar-refractivity contribution in [2.24, 2.45) is 0 Å². The van der Waals surface area contributed by atoms with Crippen LogP contribution in [0.4, 0.5) is 11.4 Å². The molecule has 0 radical (unpaired) electrons. The number of benzene rings is 3. The van der Waals surface area contributed by atoms with Crippen LogP contribution in [0.5, 0.6) is 0 Å². The zero-order valence-electron chi connectivity index (χ0n) is 17.6. The molecule has 0 aliphatic carbocycles. The number of nitrogens with one attached hydrogen (secondary N) is 1. The number of carbonyl (C=O) groups is 2. The molecule has 1 aliphatic heterocycles. The first-order valence-electron chi connectivity index (χ1n) is 10.4. The molecule has 0 unspecified atom stereocenters. The number of imide groups is 1. The van der Waals surface area contributed by atoms with Crippen LogP contribution in [0.25, 0.3) is 0 Å². The van der Waals surface area contributed by atoms with E-state index in [4.69, 9.17) is 0 Å². The van der Waals surface area contributed by atoms with E-state index in [1.165, 1.54) is 16.7 Å². The largest absolute Gasteiger partial charge is 0.350 e. The predicted octanol–water partition coefficient (Wildman–Crippen LogP) is 5.80. The van der Waals surface area contributed by atoms with Crippen molar-refractivity contribution in [2.45, 2.75) is 31.6 Å². The van der Waals surface area contributed by atoms with E-state index in [0.717, 1.165) is 34.6 Å². The number of aryl methyl sites for hydroxylation is 2. The second-order valence-electron chi connectivity index (χ2n) is 7.22. The van der Waals surface area contributed by atoms with Crippen LogP contribution in [-0.4, -0.2) is 11.8 Å². The quantitative estimate of drug-likeness (QED) is 0.483. The third kappa shape index (κ3) is 4.28. The zero-order chi connectivity index (χ0) is 21.8. The Morgan fingerprint density at radius 2 is 1.45 bits per heavy atom. The zero-order valence-corrected chi connectivity index (χ0v) is 18.4. The molecule has 3 aromatic carbocycles. The molecule has 0 fully saturated rings. The molecule has 0 saturated carbocycles. The molecule has 0 saturated heterocycles. The van der Waals surface area contributed by atoms with Crippen LogP contribution in [0, 0.1) is 0 Å². The first-order valence-corrected chi connectivity index (χ1v) is 11.2. The van der Waals surface area contributed by atoms with Crippen molar-refractivity contribution in [3.63, 3.8) is 0 Å². The van der Waals surface area contributed by atoms with E-state index >= 15 is 0 Å². The summed E-state index contributed by atoms with van der Waals surface area (Å²) in [6, 6.07) is 25.1. The Morgan fingerprint density at radius 3 is 2.13 bits per heavy atom. The van der Waals surface area contributed by atoms with E-state index in [9.17, 15) is 9.59 Å². The summed E-state index contributed by atoms with van der Waals surface area (Å²) in [5, 5.41) is 3.28. The summed E-state index contributed by atoms with van der Waals surface area (Å²) in [4.78, 5) is 29.4. The Kier molecular flexibility index (Phi) is 6.23. The van der Waals surface area contributed by atoms with Crippen LogP contribution in [0.2, 0.25) is 0 Å². The number of amides is 2. The van der Waals surface area contributed by atoms with Gasteiger partial charge in [-0.2, -0.15) is 0 Å². The Hall–Kier alpha value is -3.31. The Balaban J connectivity index is 1.74. The van der Waals surface area contributed by atoms with Crippen LogP contribution in [0.1, 0.15) is 25.0 Å². The van der Waals surface area contributed by atoms with Gasteiger partial charge in [-0.25, -0.2) is 4.90 Å². The molecule has 1 N–H and O–H groups in total. The molecular weight excluding hydrogens is 404 g/mol. The van der Waals surface area contributed by atoms with E-state index in [2.05, 4.69) is 19.2 Å². The minimum atomic E-state index is -0.335. The summed E-state index contributed by atoms with van der Waals surface area (Å²) >= 11 is 1.32. The average Bonchev–Trinajstić information content (AvgIpc) is 3.04. The fraction of sp³-hybridized carbons (Fsp3) is 0.154. The van der Waals surface area contributed by atoms with Crippen LogP contribution in [-0.2, 0) is 22.4 Å². The van der Waals surface area contributed by atoms with E-state index in [1.54, 1.807) is 0 Å². The average molecular weight is 429 g/mol. The van der Waals surface area contributed by atoms with Gasteiger partial charge in [0, 0.05) is 10.6 Å². The molecular formula is C26H24N2O2S. The van der Waals surface area contributed by atoms with Gasteiger partial charge < -0.3 is 5.32 Å². The molecule has 3 aromatic rings. The minimum absolute atomic E-state index is 0.306. The van der Waals surface area contributed by atoms with Gasteiger partial charge in [-0.1, -0.05) is 74.1 Å². The first-order chi connectivity index (χ1) is 15.1. The lowest BCUT2D eigenvalue weighted by atomic mass is 10.1. The highest BCUT2D eigenvalue weighted by molar-refractivity contribution is 8.04. The number of rotatable bonds is 7. The molecule has 2 amide bonds. The second kappa shape index (κ2) is 9.23. The van der Waals surface area contributed by atoms with Crippen molar-refractivity contribution >= 4 is 35.0 Å². The standard InChI is InChI=1S/C26H24N2O2S/c1-3-18-14-16-20(17-15-18)28-25(29)23(27-22-13-9-8-10-19(22)4-2)24(26(28)30)31-21-11-6-5-7-12-21/h5-17,27H,3-4H2,1-2H3. The van der Waals surface area contributed by atoms with Crippen molar-refractivity contribution in [3.05, 3.63) is 101 Å². The molecule has 4 nitrogen and oxygen atoms in total. The summed E-state index contributed by atoms with van der Waals surface area (Å²) in [7, 11) is 0. The number of thioether (sulfide) groups is 1. The van der Waals surface area contributed by atoms with E-state index in [-0.39, 0.29) is 11.8 Å². The van der Waals surface area contributed by atoms with Crippen molar-refractivity contribution in [1.29, 1.82) is 0 Å². The molecule has 0 bridgehead atoms. The topological polar surface area (TPSA) is 49.4 Å². The first kappa shape index (κ1) is 20.9. The third-order valence-corrected chi connectivity index (χ3v) is 6.36. The molecule has 1 heterocycles. The predicted molar refractivity (Wildman–Crippen MR) is 127 cm³/mol. The van der Waals surface area contributed by atoms with Crippen molar-refractivity contribution in [3.8, 4) is 0 Å². The molecule has 0 spiro atoms. The number of para-hydroxylation sites is 1. The SMILES string of the molecule is CCc1ccc(N2C(=O)C(Nc3ccccc3CC)=C(Sc3ccccc3)C2=O)cc1. The van der Waals surface area contributed by atoms with Crippen LogP contribution < -0.4 is 10.2 Å². The minimum Gasteiger partial charge on any atom is -0.350 e. The Morgan fingerprint density at radius 1 is 0.774 bits per heavy atom. The van der Waals surface area contributed by atoms with E-state index in [0.29, 0.717) is 16.3 Å². The van der Waals surface area contributed by atoms with Gasteiger partial charge in [0.05, 0.1) is 5.69 Å². The van der Waals surface area contributed by atoms with Crippen LogP contribution in [0.3, 0.4) is 0 Å². The normalized spacial score (nSPS) is 13.8. The van der Waals surface area contributed by atoms with Gasteiger partial charge in [-0.3, -0.25) is 9.59 Å². The maximum absolute atomic E-state index is 13.4. The monoisotopic (exact) mass is 428 g/mol. The fourth-order valence-electron chi connectivity index (χ4n) is 3.52. The van der Waals surface area contributed by atoms with Gasteiger partial charge in [0.1, 0.15) is 10.6 Å².